The van der Waals surface area contributed by atoms with Crippen LogP contribution in [0.1, 0.15) is 6.92 Å². The molecule has 0 radical (unpaired) electrons. The van der Waals surface area contributed by atoms with E-state index in [9.17, 15) is 10.1 Å². The zero-order valence-corrected chi connectivity index (χ0v) is 12.2. The number of aromatic nitrogens is 4. The van der Waals surface area contributed by atoms with Crippen molar-refractivity contribution < 1.29 is 9.45 Å². The Morgan fingerprint density at radius 2 is 2.09 bits per heavy atom. The van der Waals surface area contributed by atoms with Gasteiger partial charge >= 0.3 is 0 Å². The quantitative estimate of drug-likeness (QED) is 0.541. The van der Waals surface area contributed by atoms with Crippen LogP contribution < -0.4 is 0 Å². The van der Waals surface area contributed by atoms with Crippen molar-refractivity contribution in [1.29, 1.82) is 0 Å². The molecule has 0 amide bonds. The molecule has 0 bridgehead atoms. The second-order valence-electron chi connectivity index (χ2n) is 4.41. The summed E-state index contributed by atoms with van der Waals surface area (Å²) in [6.45, 7) is 2.60. The van der Waals surface area contributed by atoms with E-state index in [1.54, 1.807) is 23.0 Å². The summed E-state index contributed by atoms with van der Waals surface area (Å²) in [4.78, 5) is 14.4. The lowest BCUT2D eigenvalue weighted by Crippen LogP contribution is -1.93. The third kappa shape index (κ3) is 2.56. The maximum atomic E-state index is 10.6. The first-order chi connectivity index (χ1) is 10.6. The zero-order chi connectivity index (χ0) is 15.7. The number of non-ortho nitro benzene ring substituents is 1. The molecule has 0 spiro atoms. The van der Waals surface area contributed by atoms with Crippen LogP contribution in [-0.2, 0) is 6.54 Å². The van der Waals surface area contributed by atoms with Gasteiger partial charge in [-0.1, -0.05) is 16.8 Å². The second-order valence-corrected chi connectivity index (χ2v) is 4.82. The van der Waals surface area contributed by atoms with Gasteiger partial charge in [0.15, 0.2) is 5.69 Å². The fourth-order valence-corrected chi connectivity index (χ4v) is 2.10. The second kappa shape index (κ2) is 5.57. The van der Waals surface area contributed by atoms with Crippen molar-refractivity contribution in [3.05, 3.63) is 45.6 Å². The van der Waals surface area contributed by atoms with E-state index in [1.165, 1.54) is 12.1 Å². The number of hydrogen-bond acceptors (Lipinski definition) is 6. The number of hydrogen-bond donors (Lipinski definition) is 0. The summed E-state index contributed by atoms with van der Waals surface area (Å²) in [6, 6.07) is 5.87. The van der Waals surface area contributed by atoms with Gasteiger partial charge in [-0.2, -0.15) is 10.1 Å². The van der Waals surface area contributed by atoms with Gasteiger partial charge < -0.3 is 4.52 Å². The number of nitro groups is 1. The van der Waals surface area contributed by atoms with Crippen molar-refractivity contribution >= 4 is 17.3 Å². The molecule has 0 fully saturated rings. The first-order valence-electron chi connectivity index (χ1n) is 6.40. The average molecular weight is 320 g/mol. The van der Waals surface area contributed by atoms with E-state index in [2.05, 4.69) is 15.2 Å². The fraction of sp³-hybridized carbons (Fsp3) is 0.154. The third-order valence-electron chi connectivity index (χ3n) is 3.01. The minimum Gasteiger partial charge on any atom is -0.332 e. The zero-order valence-electron chi connectivity index (χ0n) is 11.4. The molecule has 2 aromatic heterocycles. The fourth-order valence-electron chi connectivity index (χ4n) is 1.87. The van der Waals surface area contributed by atoms with E-state index in [0.717, 1.165) is 0 Å². The van der Waals surface area contributed by atoms with E-state index in [1.807, 2.05) is 6.92 Å². The maximum Gasteiger partial charge on any atom is 0.280 e. The highest BCUT2D eigenvalue weighted by Crippen LogP contribution is 2.27. The van der Waals surface area contributed by atoms with Crippen LogP contribution in [0.3, 0.4) is 0 Å². The van der Waals surface area contributed by atoms with E-state index in [0.29, 0.717) is 28.6 Å². The Kier molecular flexibility index (Phi) is 3.60. The molecule has 9 heteroatoms. The molecule has 3 aromatic rings. The molecule has 0 N–H and O–H groups in total. The summed E-state index contributed by atoms with van der Waals surface area (Å²) in [7, 11) is 0. The molecule has 112 valence electrons. The molecule has 3 rings (SSSR count). The summed E-state index contributed by atoms with van der Waals surface area (Å²) >= 11 is 6.08. The van der Waals surface area contributed by atoms with E-state index >= 15 is 0 Å². The van der Waals surface area contributed by atoms with Crippen molar-refractivity contribution in [3.63, 3.8) is 0 Å². The van der Waals surface area contributed by atoms with Crippen LogP contribution in [-0.4, -0.2) is 24.8 Å². The lowest BCUT2D eigenvalue weighted by Gasteiger charge is -1.93. The highest BCUT2D eigenvalue weighted by Gasteiger charge is 2.17. The maximum absolute atomic E-state index is 10.6. The lowest BCUT2D eigenvalue weighted by molar-refractivity contribution is -0.384. The molecular weight excluding hydrogens is 310 g/mol. The Morgan fingerprint density at radius 3 is 2.68 bits per heavy atom. The Bertz CT molecular complexity index is 825. The molecule has 0 aliphatic rings. The first kappa shape index (κ1) is 14.2. The molecule has 0 atom stereocenters. The highest BCUT2D eigenvalue weighted by molar-refractivity contribution is 6.32. The molecule has 0 unspecified atom stereocenters. The molecule has 0 saturated heterocycles. The van der Waals surface area contributed by atoms with Gasteiger partial charge in [0, 0.05) is 30.4 Å². The SMILES string of the molecule is CCn1cc(Cl)c(-c2nc(-c3ccc([N+](=O)[O-])cc3)no2)n1. The Labute approximate surface area is 129 Å². The smallest absolute Gasteiger partial charge is 0.280 e. The van der Waals surface area contributed by atoms with Gasteiger partial charge in [0.05, 0.1) is 9.95 Å². The monoisotopic (exact) mass is 319 g/mol. The standard InChI is InChI=1S/C13H10ClN5O3/c1-2-18-7-10(14)11(16-18)13-15-12(17-22-13)8-3-5-9(6-4-8)19(20)21/h3-7H,2H2,1H3. The molecule has 0 aliphatic heterocycles. The van der Waals surface area contributed by atoms with Gasteiger partial charge in [0.1, 0.15) is 0 Å². The largest absolute Gasteiger partial charge is 0.332 e. The average Bonchev–Trinajstić information content (AvgIpc) is 3.13. The topological polar surface area (TPSA) is 99.9 Å². The molecular formula is C13H10ClN5O3. The van der Waals surface area contributed by atoms with Crippen LogP contribution in [0.15, 0.2) is 35.0 Å². The molecule has 22 heavy (non-hydrogen) atoms. The predicted octanol–water partition coefficient (Wildman–Crippen LogP) is 3.18. The van der Waals surface area contributed by atoms with E-state index < -0.39 is 4.92 Å². The van der Waals surface area contributed by atoms with Crippen LogP contribution in [0.4, 0.5) is 5.69 Å². The van der Waals surface area contributed by atoms with Crippen LogP contribution in [0.25, 0.3) is 23.0 Å². The Hall–Kier alpha value is -2.74. The van der Waals surface area contributed by atoms with Gasteiger partial charge in [-0.05, 0) is 19.1 Å². The minimum atomic E-state index is -0.470. The number of nitrogens with zero attached hydrogens (tertiary/aromatic N) is 5. The van der Waals surface area contributed by atoms with Crippen LogP contribution >= 0.6 is 11.6 Å². The number of benzene rings is 1. The predicted molar refractivity (Wildman–Crippen MR) is 78.3 cm³/mol. The van der Waals surface area contributed by atoms with Gasteiger partial charge in [-0.25, -0.2) is 0 Å². The van der Waals surface area contributed by atoms with Crippen LogP contribution in [0.2, 0.25) is 5.02 Å². The van der Waals surface area contributed by atoms with Crippen molar-refractivity contribution in [2.24, 2.45) is 0 Å². The van der Waals surface area contributed by atoms with E-state index in [-0.39, 0.29) is 11.6 Å². The summed E-state index contributed by atoms with van der Waals surface area (Å²) in [6.07, 6.45) is 1.67. The van der Waals surface area contributed by atoms with E-state index in [4.69, 9.17) is 16.1 Å². The number of nitro benzene ring substituents is 1. The Balaban J connectivity index is 1.93. The normalized spacial score (nSPS) is 10.8. The van der Waals surface area contributed by atoms with Gasteiger partial charge in [-0.3, -0.25) is 14.8 Å². The first-order valence-corrected chi connectivity index (χ1v) is 6.78. The number of aryl methyl sites for hydroxylation is 1. The van der Waals surface area contributed by atoms with Crippen LogP contribution in [0, 0.1) is 10.1 Å². The van der Waals surface area contributed by atoms with Gasteiger partial charge in [0.25, 0.3) is 11.6 Å². The molecule has 1 aromatic carbocycles. The van der Waals surface area contributed by atoms with Crippen molar-refractivity contribution in [3.8, 4) is 23.0 Å². The summed E-state index contributed by atoms with van der Waals surface area (Å²) in [5, 5.41) is 19.1. The van der Waals surface area contributed by atoms with Crippen molar-refractivity contribution in [2.45, 2.75) is 13.5 Å². The Morgan fingerprint density at radius 1 is 1.36 bits per heavy atom. The third-order valence-corrected chi connectivity index (χ3v) is 3.28. The number of halogens is 1. The molecule has 8 nitrogen and oxygen atoms in total. The van der Waals surface area contributed by atoms with Crippen molar-refractivity contribution in [1.82, 2.24) is 19.9 Å². The molecule has 2 heterocycles. The van der Waals surface area contributed by atoms with Crippen LogP contribution in [0.5, 0.6) is 0 Å². The summed E-state index contributed by atoms with van der Waals surface area (Å²) in [5.74, 6) is 0.512. The minimum absolute atomic E-state index is 0.00259. The molecule has 0 aliphatic carbocycles. The van der Waals surface area contributed by atoms with Gasteiger partial charge in [-0.15, -0.1) is 0 Å². The van der Waals surface area contributed by atoms with Gasteiger partial charge in [0.2, 0.25) is 5.82 Å². The summed E-state index contributed by atoms with van der Waals surface area (Å²) in [5.41, 5.74) is 1.01. The lowest BCUT2D eigenvalue weighted by atomic mass is 10.2. The summed E-state index contributed by atoms with van der Waals surface area (Å²) < 4.78 is 6.83. The molecule has 0 saturated carbocycles. The number of rotatable bonds is 4. The van der Waals surface area contributed by atoms with Crippen molar-refractivity contribution in [2.75, 3.05) is 0 Å². The highest BCUT2D eigenvalue weighted by atomic mass is 35.5.